The number of para-hydroxylation sites is 1. The standard InChI is InChI=1S/C15H16ClNO3/c16-10-15(5-7-19-8-6-15)17-14(18)13-9-11-3-1-2-4-12(11)20-13/h1-4,9H,5-8,10H2,(H,17,18). The lowest BCUT2D eigenvalue weighted by atomic mass is 9.92. The van der Waals surface area contributed by atoms with Crippen molar-refractivity contribution >= 4 is 28.5 Å². The number of fused-ring (bicyclic) bond motifs is 1. The predicted molar refractivity (Wildman–Crippen MR) is 77.2 cm³/mol. The summed E-state index contributed by atoms with van der Waals surface area (Å²) in [6, 6.07) is 9.32. The second-order valence-corrected chi connectivity index (χ2v) is 5.40. The number of carbonyl (C=O) groups excluding carboxylic acids is 1. The molecule has 0 bridgehead atoms. The van der Waals surface area contributed by atoms with Crippen LogP contribution >= 0.6 is 11.6 Å². The lowest BCUT2D eigenvalue weighted by molar-refractivity contribution is 0.0426. The van der Waals surface area contributed by atoms with Crippen LogP contribution in [0.4, 0.5) is 0 Å². The Morgan fingerprint density at radius 3 is 2.75 bits per heavy atom. The number of carbonyl (C=O) groups is 1. The van der Waals surface area contributed by atoms with E-state index in [1.54, 1.807) is 6.07 Å². The molecular weight excluding hydrogens is 278 g/mol. The predicted octanol–water partition coefficient (Wildman–Crippen LogP) is 2.95. The summed E-state index contributed by atoms with van der Waals surface area (Å²) in [4.78, 5) is 12.3. The van der Waals surface area contributed by atoms with Gasteiger partial charge in [-0.1, -0.05) is 18.2 Å². The van der Waals surface area contributed by atoms with Crippen LogP contribution in [-0.4, -0.2) is 30.5 Å². The first-order valence-corrected chi connectivity index (χ1v) is 7.21. The Kier molecular flexibility index (Phi) is 3.68. The molecule has 0 radical (unpaired) electrons. The highest BCUT2D eigenvalue weighted by Gasteiger charge is 2.34. The summed E-state index contributed by atoms with van der Waals surface area (Å²) in [6.07, 6.45) is 1.45. The van der Waals surface area contributed by atoms with Crippen LogP contribution in [0.25, 0.3) is 11.0 Å². The number of halogens is 1. The summed E-state index contributed by atoms with van der Waals surface area (Å²) >= 11 is 6.05. The third-order valence-corrected chi connectivity index (χ3v) is 4.25. The highest BCUT2D eigenvalue weighted by Crippen LogP contribution is 2.24. The van der Waals surface area contributed by atoms with Crippen molar-refractivity contribution in [2.45, 2.75) is 18.4 Å². The van der Waals surface area contributed by atoms with E-state index < -0.39 is 5.54 Å². The number of hydrogen-bond acceptors (Lipinski definition) is 3. The van der Waals surface area contributed by atoms with Gasteiger partial charge in [-0.3, -0.25) is 4.79 Å². The second-order valence-electron chi connectivity index (χ2n) is 5.13. The van der Waals surface area contributed by atoms with Crippen LogP contribution < -0.4 is 5.32 Å². The zero-order valence-electron chi connectivity index (χ0n) is 11.0. The Balaban J connectivity index is 1.81. The number of rotatable bonds is 3. The molecule has 1 N–H and O–H groups in total. The van der Waals surface area contributed by atoms with E-state index in [9.17, 15) is 4.79 Å². The molecule has 20 heavy (non-hydrogen) atoms. The minimum Gasteiger partial charge on any atom is -0.451 e. The van der Waals surface area contributed by atoms with E-state index in [4.69, 9.17) is 20.8 Å². The molecule has 1 fully saturated rings. The first kappa shape index (κ1) is 13.5. The maximum Gasteiger partial charge on any atom is 0.287 e. The molecule has 0 aliphatic carbocycles. The number of ether oxygens (including phenoxy) is 1. The van der Waals surface area contributed by atoms with Crippen molar-refractivity contribution in [1.29, 1.82) is 0 Å². The average molecular weight is 294 g/mol. The van der Waals surface area contributed by atoms with E-state index in [1.165, 1.54) is 0 Å². The number of alkyl halides is 1. The summed E-state index contributed by atoms with van der Waals surface area (Å²) in [5, 5.41) is 3.94. The van der Waals surface area contributed by atoms with Crippen molar-refractivity contribution in [3.63, 3.8) is 0 Å². The molecule has 5 heteroatoms. The summed E-state index contributed by atoms with van der Waals surface area (Å²) in [5.74, 6) is 0.480. The van der Waals surface area contributed by atoms with Gasteiger partial charge in [-0.25, -0.2) is 0 Å². The van der Waals surface area contributed by atoms with Crippen molar-refractivity contribution in [2.75, 3.05) is 19.1 Å². The monoisotopic (exact) mass is 293 g/mol. The Labute approximate surface area is 122 Å². The molecule has 1 aromatic heterocycles. The first-order valence-electron chi connectivity index (χ1n) is 6.67. The SMILES string of the molecule is O=C(NC1(CCl)CCOCC1)c1cc2ccccc2o1. The lowest BCUT2D eigenvalue weighted by Gasteiger charge is -2.35. The van der Waals surface area contributed by atoms with Gasteiger partial charge in [0.15, 0.2) is 5.76 Å². The maximum absolute atomic E-state index is 12.3. The number of furan rings is 1. The molecule has 1 aliphatic rings. The van der Waals surface area contributed by atoms with Crippen LogP contribution in [0.2, 0.25) is 0 Å². The van der Waals surface area contributed by atoms with Gasteiger partial charge in [0.05, 0.1) is 5.54 Å². The third-order valence-electron chi connectivity index (χ3n) is 3.73. The zero-order chi connectivity index (χ0) is 14.0. The lowest BCUT2D eigenvalue weighted by Crippen LogP contribution is -2.53. The van der Waals surface area contributed by atoms with Crippen molar-refractivity contribution in [2.24, 2.45) is 0 Å². The van der Waals surface area contributed by atoms with Crippen LogP contribution in [0.1, 0.15) is 23.4 Å². The van der Waals surface area contributed by atoms with E-state index in [1.807, 2.05) is 24.3 Å². The van der Waals surface area contributed by atoms with Crippen LogP contribution in [0, 0.1) is 0 Å². The van der Waals surface area contributed by atoms with Crippen molar-refractivity contribution in [3.8, 4) is 0 Å². The van der Waals surface area contributed by atoms with Crippen LogP contribution in [-0.2, 0) is 4.74 Å². The molecule has 2 heterocycles. The van der Waals surface area contributed by atoms with Gasteiger partial charge in [0.1, 0.15) is 5.58 Å². The maximum atomic E-state index is 12.3. The number of benzene rings is 1. The Morgan fingerprint density at radius 1 is 1.30 bits per heavy atom. The number of hydrogen-bond donors (Lipinski definition) is 1. The third kappa shape index (κ3) is 2.53. The van der Waals surface area contributed by atoms with Gasteiger partial charge in [0, 0.05) is 24.5 Å². The summed E-state index contributed by atoms with van der Waals surface area (Å²) in [7, 11) is 0. The Morgan fingerprint density at radius 2 is 2.05 bits per heavy atom. The molecule has 0 atom stereocenters. The van der Waals surface area contributed by atoms with Gasteiger partial charge in [-0.15, -0.1) is 11.6 Å². The van der Waals surface area contributed by atoms with E-state index in [0.29, 0.717) is 30.4 Å². The summed E-state index contributed by atoms with van der Waals surface area (Å²) in [5.41, 5.74) is 0.320. The van der Waals surface area contributed by atoms with Crippen LogP contribution in [0.15, 0.2) is 34.7 Å². The van der Waals surface area contributed by atoms with E-state index >= 15 is 0 Å². The van der Waals surface area contributed by atoms with Gasteiger partial charge in [-0.05, 0) is 25.0 Å². The molecular formula is C15H16ClNO3. The molecule has 1 saturated heterocycles. The molecule has 0 unspecified atom stereocenters. The minimum atomic E-state index is -0.393. The largest absolute Gasteiger partial charge is 0.451 e. The van der Waals surface area contributed by atoms with Gasteiger partial charge in [-0.2, -0.15) is 0 Å². The van der Waals surface area contributed by atoms with Gasteiger partial charge < -0.3 is 14.5 Å². The van der Waals surface area contributed by atoms with Crippen molar-refractivity contribution in [3.05, 3.63) is 36.1 Å². The highest BCUT2D eigenvalue weighted by molar-refractivity contribution is 6.19. The Bertz CT molecular complexity index is 583. The molecule has 106 valence electrons. The molecule has 1 aliphatic heterocycles. The molecule has 0 spiro atoms. The minimum absolute atomic E-state index is 0.219. The second kappa shape index (κ2) is 5.46. The fourth-order valence-corrected chi connectivity index (χ4v) is 2.78. The van der Waals surface area contributed by atoms with Crippen molar-refractivity contribution < 1.29 is 13.9 Å². The zero-order valence-corrected chi connectivity index (χ0v) is 11.8. The highest BCUT2D eigenvalue weighted by atomic mass is 35.5. The first-order chi connectivity index (χ1) is 9.72. The van der Waals surface area contributed by atoms with E-state index in [-0.39, 0.29) is 5.91 Å². The molecule has 2 aromatic rings. The fourth-order valence-electron chi connectivity index (χ4n) is 2.45. The number of nitrogens with one attached hydrogen (secondary N) is 1. The molecule has 1 amide bonds. The smallest absolute Gasteiger partial charge is 0.287 e. The Hall–Kier alpha value is -1.52. The average Bonchev–Trinajstić information content (AvgIpc) is 2.92. The van der Waals surface area contributed by atoms with Gasteiger partial charge in [0.2, 0.25) is 0 Å². The molecule has 3 rings (SSSR count). The topological polar surface area (TPSA) is 51.5 Å². The normalized spacial score (nSPS) is 18.1. The van der Waals surface area contributed by atoms with Crippen molar-refractivity contribution in [1.82, 2.24) is 5.32 Å². The molecule has 0 saturated carbocycles. The number of amides is 1. The molecule has 4 nitrogen and oxygen atoms in total. The van der Waals surface area contributed by atoms with E-state index in [0.717, 1.165) is 18.2 Å². The van der Waals surface area contributed by atoms with Crippen LogP contribution in [0.5, 0.6) is 0 Å². The van der Waals surface area contributed by atoms with Crippen LogP contribution in [0.3, 0.4) is 0 Å². The fraction of sp³-hybridized carbons (Fsp3) is 0.400. The summed E-state index contributed by atoms with van der Waals surface area (Å²) < 4.78 is 10.9. The van der Waals surface area contributed by atoms with Gasteiger partial charge in [0.25, 0.3) is 5.91 Å². The van der Waals surface area contributed by atoms with E-state index in [2.05, 4.69) is 5.32 Å². The molecule has 1 aromatic carbocycles. The quantitative estimate of drug-likeness (QED) is 0.885. The van der Waals surface area contributed by atoms with Gasteiger partial charge >= 0.3 is 0 Å². The summed E-state index contributed by atoms with van der Waals surface area (Å²) in [6.45, 7) is 1.24.